The summed E-state index contributed by atoms with van der Waals surface area (Å²) >= 11 is 0. The normalized spacial score (nSPS) is 26.4. The number of nitrogens with zero attached hydrogens (tertiary/aromatic N) is 7. The summed E-state index contributed by atoms with van der Waals surface area (Å²) in [5, 5.41) is 82.2. The van der Waals surface area contributed by atoms with Crippen LogP contribution >= 0.6 is 0 Å². The number of esters is 4. The number of aliphatic hydroxyl groups excluding tert-OH is 3. The molecule has 3 fully saturated rings. The number of carbonyl (C=O) groups excluding carboxylic acids is 12. The predicted molar refractivity (Wildman–Crippen MR) is 420 cm³/mol. The quantitative estimate of drug-likeness (QED) is 0.0433. The number of carbonyl (C=O) groups is 12. The van der Waals surface area contributed by atoms with Crippen molar-refractivity contribution in [2.75, 3.05) is 7.05 Å². The number of aliphatic hydroxyl groups is 3. The van der Waals surface area contributed by atoms with E-state index in [0.29, 0.717) is 16.7 Å². The number of ether oxygens (including phenoxy) is 4. The second kappa shape index (κ2) is 43.7. The van der Waals surface area contributed by atoms with Gasteiger partial charge in [0.1, 0.15) is 65.8 Å². The fourth-order valence-corrected chi connectivity index (χ4v) is 13.1. The average Bonchev–Trinajstić information content (AvgIpc) is 0.825. The lowest BCUT2D eigenvalue weighted by atomic mass is 9.91. The molecule has 0 saturated carbocycles. The topological polar surface area (TPSA) is 528 Å². The molecule has 3 unspecified atom stereocenters. The minimum atomic E-state index is -1.45. The number of likely N-dealkylation sites (N-methyl/N-ethyl adjacent to an activating group) is 1. The molecule has 6 aromatic heterocycles. The fraction of sp³-hybridized carbons (Fsp3) is 0.488. The lowest BCUT2D eigenvalue weighted by molar-refractivity contribution is -0.178. The van der Waals surface area contributed by atoms with Gasteiger partial charge in [0.05, 0.1) is 54.2 Å². The van der Waals surface area contributed by atoms with Gasteiger partial charge in [-0.3, -0.25) is 58.1 Å². The Morgan fingerprint density at radius 3 is 1.10 bits per heavy atom. The Hall–Kier alpha value is -12.2. The number of hydrogen-bond donors (Lipinski definition) is 13. The highest BCUT2D eigenvalue weighted by Gasteiger charge is 2.45. The SMILES string of the molecule is CC(C)CC1C(=O)O[C@H](C)[C@H](NC(=O)c2ncccc2O)C(=O)N[C@@H](Cc2cccnc2)[C@@H](O)[C@@H](C)C(=O)N1C.CC(C)CC1NC(=O)[C@H](C)[C@H](O)[C@H](Cc2cccnc2)NC(=O)[C@@H](NC(=O)c2ncccc2O)[C@@H](C)OC1=O.CC(C)CC1OC(=O)[C@H](C)[C@H](O)[C@H](Cc2cccnc2)NC(=O)[C@@H](NC(=O)c2ncccc2O)[C@@H](C)OC1=O. The number of pyridine rings is 6. The Balaban J connectivity index is 0.000000244. The van der Waals surface area contributed by atoms with Crippen LogP contribution in [-0.4, -0.2) is 235 Å². The molecule has 636 valence electrons. The maximum absolute atomic E-state index is 13.6. The maximum Gasteiger partial charge on any atom is 0.347 e. The molecule has 3 aliphatic rings. The molecule has 3 aliphatic heterocycles. The van der Waals surface area contributed by atoms with E-state index in [4.69, 9.17) is 18.9 Å². The number of aromatic nitrogens is 6. The molecule has 36 nitrogen and oxygen atoms in total. The second-order valence-electron chi connectivity index (χ2n) is 30.6. The molecule has 0 bridgehead atoms. The number of hydrogen-bond acceptors (Lipinski definition) is 28. The van der Waals surface area contributed by atoms with Crippen molar-refractivity contribution in [2.45, 2.75) is 213 Å². The van der Waals surface area contributed by atoms with E-state index in [-0.39, 0.29) is 73.4 Å². The third kappa shape index (κ3) is 26.2. The van der Waals surface area contributed by atoms with E-state index in [0.717, 1.165) is 0 Å². The molecule has 8 amide bonds. The third-order valence-corrected chi connectivity index (χ3v) is 19.8. The van der Waals surface area contributed by atoms with Crippen molar-refractivity contribution in [3.63, 3.8) is 0 Å². The highest BCUT2D eigenvalue weighted by Crippen LogP contribution is 2.26. The van der Waals surface area contributed by atoms with Crippen LogP contribution in [-0.2, 0) is 81.4 Å². The van der Waals surface area contributed by atoms with Crippen LogP contribution in [0, 0.1) is 35.5 Å². The van der Waals surface area contributed by atoms with Crippen LogP contribution in [0.3, 0.4) is 0 Å². The monoisotopic (exact) mass is 1640 g/mol. The van der Waals surface area contributed by atoms with Gasteiger partial charge >= 0.3 is 23.9 Å². The van der Waals surface area contributed by atoms with Crippen molar-refractivity contribution in [1.82, 2.24) is 72.0 Å². The first-order valence-electron chi connectivity index (χ1n) is 38.7. The highest BCUT2D eigenvalue weighted by molar-refractivity contribution is 6.00. The first-order chi connectivity index (χ1) is 55.8. The number of nitrogens with one attached hydrogen (secondary N) is 7. The first kappa shape index (κ1) is 93.0. The van der Waals surface area contributed by atoms with E-state index in [1.807, 2.05) is 41.5 Å². The predicted octanol–water partition coefficient (Wildman–Crippen LogP) is 2.21. The summed E-state index contributed by atoms with van der Waals surface area (Å²) in [5.41, 5.74) is 1.09. The first-order valence-corrected chi connectivity index (χ1v) is 38.7. The number of amides is 8. The minimum absolute atomic E-state index is 0.00977. The molecule has 36 heteroatoms. The summed E-state index contributed by atoms with van der Waals surface area (Å²) in [6.45, 7) is 19.9. The van der Waals surface area contributed by atoms with Crippen molar-refractivity contribution in [1.29, 1.82) is 0 Å². The van der Waals surface area contributed by atoms with Gasteiger partial charge in [0.15, 0.2) is 23.2 Å². The van der Waals surface area contributed by atoms with Crippen molar-refractivity contribution in [3.8, 4) is 17.2 Å². The lowest BCUT2D eigenvalue weighted by Gasteiger charge is -2.36. The molecular weight excluding hydrogens is 1530 g/mol. The second-order valence-corrected chi connectivity index (χ2v) is 30.6. The van der Waals surface area contributed by atoms with Gasteiger partial charge in [-0.05, 0) is 155 Å². The summed E-state index contributed by atoms with van der Waals surface area (Å²) in [6, 6.07) is 9.27. The molecule has 9 heterocycles. The Bertz CT molecular complexity index is 4250. The Kier molecular flexibility index (Phi) is 34.4. The van der Waals surface area contributed by atoms with E-state index in [2.05, 4.69) is 67.1 Å². The van der Waals surface area contributed by atoms with E-state index in [1.54, 1.807) is 73.6 Å². The molecule has 0 aromatic carbocycles. The zero-order chi connectivity index (χ0) is 86.9. The van der Waals surface area contributed by atoms with Gasteiger partial charge in [-0.2, -0.15) is 0 Å². The van der Waals surface area contributed by atoms with Crippen LogP contribution in [0.1, 0.15) is 151 Å². The van der Waals surface area contributed by atoms with Gasteiger partial charge < -0.3 is 91.7 Å². The minimum Gasteiger partial charge on any atom is -0.505 e. The molecule has 118 heavy (non-hydrogen) atoms. The van der Waals surface area contributed by atoms with Crippen LogP contribution in [0.15, 0.2) is 129 Å². The smallest absolute Gasteiger partial charge is 0.347 e. The van der Waals surface area contributed by atoms with Crippen molar-refractivity contribution >= 4 is 71.1 Å². The van der Waals surface area contributed by atoms with Crippen molar-refractivity contribution in [3.05, 3.63) is 162 Å². The summed E-state index contributed by atoms with van der Waals surface area (Å²) in [6.07, 6.45) is 5.41. The van der Waals surface area contributed by atoms with Crippen molar-refractivity contribution in [2.24, 2.45) is 35.5 Å². The zero-order valence-corrected chi connectivity index (χ0v) is 67.8. The van der Waals surface area contributed by atoms with Crippen LogP contribution in [0.25, 0.3) is 0 Å². The Morgan fingerprint density at radius 2 is 0.754 bits per heavy atom. The van der Waals surface area contributed by atoms with E-state index in [9.17, 15) is 88.2 Å². The molecule has 0 aliphatic carbocycles. The van der Waals surface area contributed by atoms with Gasteiger partial charge in [0.25, 0.3) is 17.7 Å². The van der Waals surface area contributed by atoms with E-state index >= 15 is 0 Å². The standard InChI is InChI=1S/C28H37N5O7.C27H35N5O7.C27H34N4O8/c1-15(2)12-20-28(39)40-17(4)22(32-26(37)23-21(34)9-7-11-30-23)25(36)31-19(13-18-8-6-10-29-14-18)24(35)16(3)27(38)33(20)5;1-14(2)11-19-27(38)39-16(4)21(32-26(37)22-20(33)8-6-10-29-22)25(36)30-18(12-17-7-5-9-28-13-17)23(34)15(3)24(35)31-19;1-14(2)11-20-27(37)38-16(4)21(31-25(35)22-19(32)8-6-10-29-22)24(34)30-18(12-17-7-5-9-28-13-17)23(33)15(3)26(36)39-20/h6-11,14-17,19-20,22,24,34-35H,12-13H2,1-5H3,(H,31,36)(H,32,37);5-10,13-16,18-19,21,23,33-34H,11-12H2,1-4H3,(H,30,36)(H,31,35)(H,32,37);5-10,13-16,18,20-21,23,32-33H,11-12H2,1-4H3,(H,30,34)(H,31,35)/t16-,17-,19+,20?,22+,24+;15-,16-,18+,19?,21+,23+;15-,16-,18+,20?,21+,23+/m111/s1. The van der Waals surface area contributed by atoms with Crippen LogP contribution in [0.5, 0.6) is 17.2 Å². The third-order valence-electron chi connectivity index (χ3n) is 19.8. The average molecular weight is 1640 g/mol. The molecule has 6 aromatic rings. The summed E-state index contributed by atoms with van der Waals surface area (Å²) < 4.78 is 22.2. The van der Waals surface area contributed by atoms with E-state index in [1.165, 1.54) is 108 Å². The lowest BCUT2D eigenvalue weighted by Crippen LogP contribution is -2.60. The molecule has 0 spiro atoms. The summed E-state index contributed by atoms with van der Waals surface area (Å²) in [7, 11) is 1.48. The zero-order valence-electron chi connectivity index (χ0n) is 67.8. The fourth-order valence-electron chi connectivity index (χ4n) is 13.1. The highest BCUT2D eigenvalue weighted by atomic mass is 16.6. The number of cyclic esters (lactones) is 4. The molecule has 9 rings (SSSR count). The van der Waals surface area contributed by atoms with Gasteiger partial charge in [-0.1, -0.05) is 73.6 Å². The Labute approximate surface area is 682 Å². The van der Waals surface area contributed by atoms with Gasteiger partial charge in [0.2, 0.25) is 29.5 Å². The molecule has 3 saturated heterocycles. The van der Waals surface area contributed by atoms with E-state index < -0.39 is 197 Å². The van der Waals surface area contributed by atoms with Crippen molar-refractivity contribution < 1.29 is 107 Å². The molecule has 0 radical (unpaired) electrons. The van der Waals surface area contributed by atoms with Gasteiger partial charge in [0, 0.05) is 62.8 Å². The molecular formula is C82H106N14O22. The maximum atomic E-state index is 13.6. The summed E-state index contributed by atoms with van der Waals surface area (Å²) in [5.74, 6) is -13.6. The Morgan fingerprint density at radius 1 is 0.415 bits per heavy atom. The molecule has 18 atom stereocenters. The van der Waals surface area contributed by atoms with Gasteiger partial charge in [-0.25, -0.2) is 29.3 Å². The van der Waals surface area contributed by atoms with Crippen LogP contribution in [0.2, 0.25) is 0 Å². The number of aromatic hydroxyl groups is 3. The summed E-state index contributed by atoms with van der Waals surface area (Å²) in [4.78, 5) is 184. The largest absolute Gasteiger partial charge is 0.505 e. The van der Waals surface area contributed by atoms with Crippen LogP contribution in [0.4, 0.5) is 0 Å². The molecule has 13 N–H and O–H groups in total. The number of rotatable bonds is 18. The van der Waals surface area contributed by atoms with Crippen LogP contribution < -0.4 is 37.2 Å². The van der Waals surface area contributed by atoms with Gasteiger partial charge in [-0.15, -0.1) is 0 Å².